The fraction of sp³-hybridized carbons (Fsp3) is 0.235. The van der Waals surface area contributed by atoms with Gasteiger partial charge in [-0.25, -0.2) is 0 Å². The molecule has 0 bridgehead atoms. The van der Waals surface area contributed by atoms with Gasteiger partial charge < -0.3 is 0 Å². The van der Waals surface area contributed by atoms with Crippen molar-refractivity contribution in [2.45, 2.75) is 13.8 Å². The van der Waals surface area contributed by atoms with Crippen molar-refractivity contribution in [3.8, 4) is 22.0 Å². The van der Waals surface area contributed by atoms with Gasteiger partial charge in [-0.05, 0) is 0 Å². The standard InChI is InChI=1S/C17H16N2O3Se/c1-4-8-22-14-7-6-12(9-13(14)10-18)16-19-11(3)15(23-16)17(20)21-5-2/h4,6-7,9H,1,5,8H2,2-3H3. The van der Waals surface area contributed by atoms with E-state index in [4.69, 9.17) is 9.47 Å². The first-order chi connectivity index (χ1) is 11.1. The first-order valence-corrected chi connectivity index (χ1v) is 8.74. The van der Waals surface area contributed by atoms with Crippen LogP contribution in [0.15, 0.2) is 30.9 Å². The maximum absolute atomic E-state index is 11.9. The van der Waals surface area contributed by atoms with Crippen LogP contribution in [0.5, 0.6) is 5.75 Å². The van der Waals surface area contributed by atoms with E-state index in [1.54, 1.807) is 32.1 Å². The number of hydrogen-bond acceptors (Lipinski definition) is 5. The Labute approximate surface area is 140 Å². The van der Waals surface area contributed by atoms with Gasteiger partial charge in [0.2, 0.25) is 0 Å². The van der Waals surface area contributed by atoms with Gasteiger partial charge in [0.25, 0.3) is 0 Å². The van der Waals surface area contributed by atoms with E-state index in [0.717, 1.165) is 10.1 Å². The quantitative estimate of drug-likeness (QED) is 0.441. The Hall–Kier alpha value is -2.35. The first kappa shape index (κ1) is 17.0. The van der Waals surface area contributed by atoms with E-state index in [2.05, 4.69) is 17.6 Å². The van der Waals surface area contributed by atoms with E-state index in [-0.39, 0.29) is 20.5 Å². The number of esters is 1. The number of carbonyl (C=O) groups is 1. The molecule has 0 amide bonds. The molecule has 1 heterocycles. The molecule has 0 N–H and O–H groups in total. The summed E-state index contributed by atoms with van der Waals surface area (Å²) in [4.78, 5) is 16.4. The predicted molar refractivity (Wildman–Crippen MR) is 87.7 cm³/mol. The molecule has 2 aromatic rings. The van der Waals surface area contributed by atoms with Gasteiger partial charge in [-0.3, -0.25) is 0 Å². The molecule has 1 aromatic heterocycles. The van der Waals surface area contributed by atoms with E-state index in [9.17, 15) is 10.1 Å². The van der Waals surface area contributed by atoms with Crippen LogP contribution in [0.1, 0.15) is 27.4 Å². The van der Waals surface area contributed by atoms with Crippen LogP contribution in [0.4, 0.5) is 0 Å². The van der Waals surface area contributed by atoms with Crippen molar-refractivity contribution in [1.29, 1.82) is 5.26 Å². The van der Waals surface area contributed by atoms with Crippen LogP contribution >= 0.6 is 0 Å². The molecule has 0 aliphatic rings. The first-order valence-electron chi connectivity index (χ1n) is 7.03. The number of aromatic nitrogens is 1. The molecule has 0 radical (unpaired) electrons. The summed E-state index contributed by atoms with van der Waals surface area (Å²) >= 11 is -0.230. The number of aryl methyl sites for hydroxylation is 1. The van der Waals surface area contributed by atoms with Crippen molar-refractivity contribution in [3.63, 3.8) is 0 Å². The van der Waals surface area contributed by atoms with Crippen LogP contribution in [0.25, 0.3) is 10.1 Å². The van der Waals surface area contributed by atoms with Crippen LogP contribution in [-0.2, 0) is 4.74 Å². The second-order valence-electron chi connectivity index (χ2n) is 4.58. The molecular weight excluding hydrogens is 359 g/mol. The van der Waals surface area contributed by atoms with Crippen molar-refractivity contribution in [3.05, 3.63) is 46.5 Å². The van der Waals surface area contributed by atoms with E-state index in [1.165, 1.54) is 0 Å². The summed E-state index contributed by atoms with van der Waals surface area (Å²) in [6, 6.07) is 7.45. The van der Waals surface area contributed by atoms with Crippen LogP contribution in [0.3, 0.4) is 0 Å². The van der Waals surface area contributed by atoms with E-state index in [1.807, 2.05) is 6.07 Å². The molecule has 0 saturated heterocycles. The number of nitriles is 1. The number of benzene rings is 1. The summed E-state index contributed by atoms with van der Waals surface area (Å²) in [5.74, 6) is 0.202. The summed E-state index contributed by atoms with van der Waals surface area (Å²) in [5, 5.41) is 9.27. The minimum absolute atomic E-state index is 0.230. The SMILES string of the molecule is C=CCOc1ccc(-c2nc(C)c(C(=O)OCC)[se]2)cc1C#N. The number of rotatable bonds is 6. The molecular formula is C17H16N2O3Se. The van der Waals surface area contributed by atoms with Crippen molar-refractivity contribution in [2.75, 3.05) is 13.2 Å². The third-order valence-electron chi connectivity index (χ3n) is 2.96. The second-order valence-corrected chi connectivity index (χ2v) is 6.67. The molecule has 0 spiro atoms. The fourth-order valence-electron chi connectivity index (χ4n) is 1.93. The maximum atomic E-state index is 11.9. The summed E-state index contributed by atoms with van der Waals surface area (Å²) < 4.78 is 11.9. The number of ether oxygens (including phenoxy) is 2. The monoisotopic (exact) mass is 376 g/mol. The van der Waals surface area contributed by atoms with Crippen LogP contribution in [0.2, 0.25) is 0 Å². The molecule has 0 unspecified atom stereocenters. The average molecular weight is 375 g/mol. The van der Waals surface area contributed by atoms with Crippen LogP contribution < -0.4 is 4.74 Å². The zero-order valence-corrected chi connectivity index (χ0v) is 14.7. The average Bonchev–Trinajstić information content (AvgIpc) is 2.95. The Morgan fingerprint density at radius 3 is 2.96 bits per heavy atom. The number of nitrogens with zero attached hydrogens (tertiary/aromatic N) is 2. The Bertz CT molecular complexity index is 775. The Morgan fingerprint density at radius 1 is 1.52 bits per heavy atom. The van der Waals surface area contributed by atoms with Gasteiger partial charge in [0.05, 0.1) is 0 Å². The molecule has 2 rings (SSSR count). The van der Waals surface area contributed by atoms with Gasteiger partial charge >= 0.3 is 141 Å². The molecule has 0 saturated carbocycles. The molecule has 118 valence electrons. The molecule has 5 nitrogen and oxygen atoms in total. The summed E-state index contributed by atoms with van der Waals surface area (Å²) in [7, 11) is 0. The molecule has 23 heavy (non-hydrogen) atoms. The van der Waals surface area contributed by atoms with Gasteiger partial charge in [-0.15, -0.1) is 0 Å². The Balaban J connectivity index is 2.36. The topological polar surface area (TPSA) is 72.2 Å². The number of hydrogen-bond donors (Lipinski definition) is 0. The van der Waals surface area contributed by atoms with Gasteiger partial charge in [0.15, 0.2) is 0 Å². The third-order valence-corrected chi connectivity index (χ3v) is 5.45. The predicted octanol–water partition coefficient (Wildman–Crippen LogP) is 2.73. The molecule has 1 aromatic carbocycles. The molecule has 0 aliphatic heterocycles. The second kappa shape index (κ2) is 7.77. The zero-order valence-electron chi connectivity index (χ0n) is 13.0. The Kier molecular flexibility index (Phi) is 5.75. The van der Waals surface area contributed by atoms with Gasteiger partial charge in [0, 0.05) is 0 Å². The Morgan fingerprint density at radius 2 is 2.30 bits per heavy atom. The summed E-state index contributed by atoms with van der Waals surface area (Å²) in [6.45, 7) is 7.84. The summed E-state index contributed by atoms with van der Waals surface area (Å²) in [5.41, 5.74) is 1.94. The van der Waals surface area contributed by atoms with Crippen molar-refractivity contribution in [1.82, 2.24) is 4.98 Å². The van der Waals surface area contributed by atoms with E-state index >= 15 is 0 Å². The van der Waals surface area contributed by atoms with Crippen LogP contribution in [0, 0.1) is 18.3 Å². The fourth-order valence-corrected chi connectivity index (χ4v) is 3.94. The third kappa shape index (κ3) is 3.89. The number of carbonyl (C=O) groups excluding carboxylic acids is 1. The van der Waals surface area contributed by atoms with Crippen molar-refractivity contribution < 1.29 is 14.3 Å². The summed E-state index contributed by atoms with van der Waals surface area (Å²) in [6.07, 6.45) is 1.62. The zero-order chi connectivity index (χ0) is 16.8. The van der Waals surface area contributed by atoms with E-state index in [0.29, 0.717) is 34.7 Å². The van der Waals surface area contributed by atoms with Crippen molar-refractivity contribution in [2.24, 2.45) is 0 Å². The van der Waals surface area contributed by atoms with E-state index < -0.39 is 0 Å². The molecule has 0 aliphatic carbocycles. The molecule has 6 heteroatoms. The van der Waals surface area contributed by atoms with Gasteiger partial charge in [-0.1, -0.05) is 0 Å². The van der Waals surface area contributed by atoms with Gasteiger partial charge in [-0.2, -0.15) is 0 Å². The van der Waals surface area contributed by atoms with Gasteiger partial charge in [0.1, 0.15) is 0 Å². The van der Waals surface area contributed by atoms with Crippen LogP contribution in [-0.4, -0.2) is 38.7 Å². The minimum atomic E-state index is -0.310. The molecule has 0 atom stereocenters. The normalized spacial score (nSPS) is 9.96. The van der Waals surface area contributed by atoms with Crippen molar-refractivity contribution >= 4 is 20.5 Å². The molecule has 0 fully saturated rings.